The van der Waals surface area contributed by atoms with Crippen LogP contribution in [0.4, 0.5) is 5.69 Å². The van der Waals surface area contributed by atoms with Gasteiger partial charge in [-0.2, -0.15) is 5.10 Å². The van der Waals surface area contributed by atoms with Crippen molar-refractivity contribution in [1.29, 1.82) is 0 Å². The molecule has 2 aromatic heterocycles. The Balaban J connectivity index is 1.53. The summed E-state index contributed by atoms with van der Waals surface area (Å²) >= 11 is 0. The first-order chi connectivity index (χ1) is 14.9. The SMILES string of the molecule is Cc1ccc(-n2ncc(C(=O)Nc3ccc(Cn4ccnc4C)cc3)c2C(C)C)cc1. The monoisotopic (exact) mass is 413 g/mol. The van der Waals surface area contributed by atoms with Gasteiger partial charge in [0.1, 0.15) is 5.82 Å². The van der Waals surface area contributed by atoms with Crippen molar-refractivity contribution in [3.8, 4) is 5.69 Å². The summed E-state index contributed by atoms with van der Waals surface area (Å²) in [6, 6.07) is 16.1. The van der Waals surface area contributed by atoms with Crippen LogP contribution in [0.15, 0.2) is 67.1 Å². The second kappa shape index (κ2) is 8.60. The van der Waals surface area contributed by atoms with Gasteiger partial charge >= 0.3 is 0 Å². The third kappa shape index (κ3) is 4.43. The number of rotatable bonds is 6. The molecule has 4 aromatic rings. The molecule has 2 aromatic carbocycles. The number of amides is 1. The molecule has 0 spiro atoms. The van der Waals surface area contributed by atoms with Crippen LogP contribution in [0.3, 0.4) is 0 Å². The van der Waals surface area contributed by atoms with Crippen LogP contribution in [0.1, 0.15) is 52.8 Å². The van der Waals surface area contributed by atoms with Crippen molar-refractivity contribution >= 4 is 11.6 Å². The van der Waals surface area contributed by atoms with Gasteiger partial charge < -0.3 is 9.88 Å². The highest BCUT2D eigenvalue weighted by Crippen LogP contribution is 2.24. The quantitative estimate of drug-likeness (QED) is 0.478. The third-order valence-electron chi connectivity index (χ3n) is 5.36. The summed E-state index contributed by atoms with van der Waals surface area (Å²) in [6.07, 6.45) is 5.41. The Morgan fingerprint density at radius 2 is 1.74 bits per heavy atom. The molecule has 1 amide bonds. The number of carbonyl (C=O) groups is 1. The molecule has 0 aliphatic heterocycles. The number of carbonyl (C=O) groups excluding carboxylic acids is 1. The van der Waals surface area contributed by atoms with E-state index in [1.165, 1.54) is 5.56 Å². The Morgan fingerprint density at radius 3 is 2.35 bits per heavy atom. The van der Waals surface area contributed by atoms with Crippen molar-refractivity contribution in [3.05, 3.63) is 95.3 Å². The number of nitrogens with zero attached hydrogens (tertiary/aromatic N) is 4. The van der Waals surface area contributed by atoms with Gasteiger partial charge in [0.25, 0.3) is 5.91 Å². The van der Waals surface area contributed by atoms with Gasteiger partial charge in [-0.25, -0.2) is 9.67 Å². The molecule has 6 nitrogen and oxygen atoms in total. The Kier molecular flexibility index (Phi) is 5.71. The van der Waals surface area contributed by atoms with Crippen LogP contribution in [0.5, 0.6) is 0 Å². The molecule has 0 radical (unpaired) electrons. The average Bonchev–Trinajstić information content (AvgIpc) is 3.37. The molecule has 0 unspecified atom stereocenters. The van der Waals surface area contributed by atoms with Gasteiger partial charge in [0.05, 0.1) is 23.1 Å². The molecule has 0 aliphatic rings. The van der Waals surface area contributed by atoms with Crippen molar-refractivity contribution in [2.24, 2.45) is 0 Å². The van der Waals surface area contributed by atoms with E-state index >= 15 is 0 Å². The van der Waals surface area contributed by atoms with Crippen molar-refractivity contribution in [3.63, 3.8) is 0 Å². The fourth-order valence-electron chi connectivity index (χ4n) is 3.64. The van der Waals surface area contributed by atoms with Gasteiger partial charge in [0, 0.05) is 24.6 Å². The number of nitrogens with one attached hydrogen (secondary N) is 1. The van der Waals surface area contributed by atoms with Gasteiger partial charge in [-0.1, -0.05) is 43.7 Å². The van der Waals surface area contributed by atoms with Crippen LogP contribution in [-0.4, -0.2) is 25.2 Å². The lowest BCUT2D eigenvalue weighted by molar-refractivity contribution is 0.102. The highest BCUT2D eigenvalue weighted by Gasteiger charge is 2.21. The molecule has 0 aliphatic carbocycles. The fourth-order valence-corrected chi connectivity index (χ4v) is 3.64. The Morgan fingerprint density at radius 1 is 1.03 bits per heavy atom. The molecular weight excluding hydrogens is 386 g/mol. The number of hydrogen-bond donors (Lipinski definition) is 1. The standard InChI is InChI=1S/C25H27N5O/c1-17(2)24-23(15-27-30(24)22-11-5-18(3)6-12-22)25(31)28-21-9-7-20(8-10-21)16-29-14-13-26-19(29)4/h5-15,17H,16H2,1-4H3,(H,28,31). The van der Waals surface area contributed by atoms with Gasteiger partial charge in [0.2, 0.25) is 0 Å². The number of imidazole rings is 1. The predicted molar refractivity (Wildman–Crippen MR) is 123 cm³/mol. The number of hydrogen-bond acceptors (Lipinski definition) is 3. The minimum Gasteiger partial charge on any atom is -0.331 e. The third-order valence-corrected chi connectivity index (χ3v) is 5.36. The van der Waals surface area contributed by atoms with E-state index in [0.29, 0.717) is 5.56 Å². The molecule has 1 N–H and O–H groups in total. The maximum atomic E-state index is 13.0. The lowest BCUT2D eigenvalue weighted by atomic mass is 10.0. The van der Waals surface area contributed by atoms with Gasteiger partial charge in [-0.05, 0) is 49.6 Å². The maximum Gasteiger partial charge on any atom is 0.259 e. The first-order valence-corrected chi connectivity index (χ1v) is 10.5. The zero-order valence-electron chi connectivity index (χ0n) is 18.3. The molecule has 0 fully saturated rings. The van der Waals surface area contributed by atoms with E-state index in [2.05, 4.69) is 40.7 Å². The maximum absolute atomic E-state index is 13.0. The molecule has 0 saturated heterocycles. The molecule has 4 rings (SSSR count). The van der Waals surface area contributed by atoms with Crippen LogP contribution in [-0.2, 0) is 6.54 Å². The van der Waals surface area contributed by atoms with E-state index in [9.17, 15) is 4.79 Å². The van der Waals surface area contributed by atoms with E-state index < -0.39 is 0 Å². The van der Waals surface area contributed by atoms with Crippen LogP contribution in [0, 0.1) is 13.8 Å². The number of aromatic nitrogens is 4. The Labute approximate surface area is 182 Å². The normalized spacial score (nSPS) is 11.1. The minimum absolute atomic E-state index is 0.144. The lowest BCUT2D eigenvalue weighted by Gasteiger charge is -2.13. The molecule has 6 heteroatoms. The molecule has 31 heavy (non-hydrogen) atoms. The van der Waals surface area contributed by atoms with E-state index in [1.54, 1.807) is 12.4 Å². The summed E-state index contributed by atoms with van der Waals surface area (Å²) in [7, 11) is 0. The van der Waals surface area contributed by atoms with E-state index in [0.717, 1.165) is 35.0 Å². The predicted octanol–water partition coefficient (Wildman–Crippen LogP) is 5.11. The second-order valence-corrected chi connectivity index (χ2v) is 8.10. The Hall–Kier alpha value is -3.67. The average molecular weight is 414 g/mol. The van der Waals surface area contributed by atoms with Crippen LogP contribution < -0.4 is 5.32 Å². The molecular formula is C25H27N5O. The summed E-state index contributed by atoms with van der Waals surface area (Å²) < 4.78 is 3.94. The summed E-state index contributed by atoms with van der Waals surface area (Å²) in [6.45, 7) is 8.94. The topological polar surface area (TPSA) is 64.7 Å². The number of aryl methyl sites for hydroxylation is 2. The van der Waals surface area contributed by atoms with Crippen LogP contribution >= 0.6 is 0 Å². The molecule has 2 heterocycles. The first-order valence-electron chi connectivity index (χ1n) is 10.5. The highest BCUT2D eigenvalue weighted by molar-refractivity contribution is 6.05. The van der Waals surface area contributed by atoms with Crippen LogP contribution in [0.2, 0.25) is 0 Å². The van der Waals surface area contributed by atoms with Crippen molar-refractivity contribution in [1.82, 2.24) is 19.3 Å². The fraction of sp³-hybridized carbons (Fsp3) is 0.240. The summed E-state index contributed by atoms with van der Waals surface area (Å²) in [5, 5.41) is 7.52. The smallest absolute Gasteiger partial charge is 0.259 e. The summed E-state index contributed by atoms with van der Waals surface area (Å²) in [5.74, 6) is 0.967. The number of benzene rings is 2. The van der Waals surface area contributed by atoms with Crippen molar-refractivity contribution < 1.29 is 4.79 Å². The second-order valence-electron chi connectivity index (χ2n) is 8.10. The van der Waals surface area contributed by atoms with E-state index in [4.69, 9.17) is 0 Å². The summed E-state index contributed by atoms with van der Waals surface area (Å²) in [5.41, 5.74) is 5.53. The molecule has 158 valence electrons. The van der Waals surface area contributed by atoms with Gasteiger partial charge in [-0.3, -0.25) is 4.79 Å². The van der Waals surface area contributed by atoms with Crippen molar-refractivity contribution in [2.45, 2.75) is 40.2 Å². The van der Waals surface area contributed by atoms with Gasteiger partial charge in [0.15, 0.2) is 0 Å². The summed E-state index contributed by atoms with van der Waals surface area (Å²) in [4.78, 5) is 17.3. The van der Waals surface area contributed by atoms with Gasteiger partial charge in [-0.15, -0.1) is 0 Å². The van der Waals surface area contributed by atoms with E-state index in [-0.39, 0.29) is 11.8 Å². The molecule has 0 saturated carbocycles. The van der Waals surface area contributed by atoms with Crippen LogP contribution in [0.25, 0.3) is 5.69 Å². The van der Waals surface area contributed by atoms with Crippen molar-refractivity contribution in [2.75, 3.05) is 5.32 Å². The zero-order valence-corrected chi connectivity index (χ0v) is 18.3. The minimum atomic E-state index is -0.153. The highest BCUT2D eigenvalue weighted by atomic mass is 16.1. The Bertz CT molecular complexity index is 1180. The zero-order chi connectivity index (χ0) is 22.0. The number of anilines is 1. The molecule has 0 atom stereocenters. The molecule has 0 bridgehead atoms. The lowest BCUT2D eigenvalue weighted by Crippen LogP contribution is -2.15. The first kappa shape index (κ1) is 20.6. The largest absolute Gasteiger partial charge is 0.331 e. The van der Waals surface area contributed by atoms with E-state index in [1.807, 2.05) is 66.3 Å².